The van der Waals surface area contributed by atoms with E-state index < -0.39 is 0 Å². The van der Waals surface area contributed by atoms with Gasteiger partial charge in [-0.2, -0.15) is 5.10 Å². The topological polar surface area (TPSA) is 76.7 Å². The molecule has 0 bridgehead atoms. The number of benzene rings is 1. The van der Waals surface area contributed by atoms with Gasteiger partial charge >= 0.3 is 0 Å². The average molecular weight is 347 g/mol. The first-order valence-electron chi connectivity index (χ1n) is 8.14. The Bertz CT molecular complexity index is 1250. The molecule has 0 spiro atoms. The predicted octanol–water partition coefficient (Wildman–Crippen LogP) is 2.96. The second kappa shape index (κ2) is 5.48. The third-order valence-electron chi connectivity index (χ3n) is 4.35. The van der Waals surface area contributed by atoms with Gasteiger partial charge in [-0.05, 0) is 30.7 Å². The van der Waals surface area contributed by atoms with Gasteiger partial charge in [0.15, 0.2) is 0 Å². The third-order valence-corrected chi connectivity index (χ3v) is 4.35. The van der Waals surface area contributed by atoms with Crippen molar-refractivity contribution in [3.63, 3.8) is 0 Å². The zero-order chi connectivity index (χ0) is 17.7. The molecule has 0 saturated heterocycles. The summed E-state index contributed by atoms with van der Waals surface area (Å²) < 4.78 is 17.5. The molecule has 1 aromatic carbocycles. The number of aromatic amines is 1. The molecule has 0 atom stereocenters. The van der Waals surface area contributed by atoms with E-state index in [2.05, 4.69) is 25.5 Å². The van der Waals surface area contributed by atoms with Gasteiger partial charge in [0, 0.05) is 23.3 Å². The molecule has 5 rings (SSSR count). The highest BCUT2D eigenvalue weighted by atomic mass is 19.1. The minimum Gasteiger partial charge on any atom is -0.306 e. The Morgan fingerprint density at radius 1 is 1.12 bits per heavy atom. The van der Waals surface area contributed by atoms with Crippen LogP contribution in [0.1, 0.15) is 11.3 Å². The zero-order valence-corrected chi connectivity index (χ0v) is 13.9. The highest BCUT2D eigenvalue weighted by Gasteiger charge is 2.13. The molecule has 0 aliphatic carbocycles. The lowest BCUT2D eigenvalue weighted by Crippen LogP contribution is -2.00. The van der Waals surface area contributed by atoms with Crippen LogP contribution >= 0.6 is 0 Å². The molecule has 0 radical (unpaired) electrons. The molecule has 0 saturated carbocycles. The number of nitrogens with one attached hydrogen (secondary N) is 1. The lowest BCUT2D eigenvalue weighted by atomic mass is 10.1. The van der Waals surface area contributed by atoms with Crippen LogP contribution in [0.5, 0.6) is 0 Å². The summed E-state index contributed by atoms with van der Waals surface area (Å²) in [4.78, 5) is 4.59. The third kappa shape index (κ3) is 2.34. The summed E-state index contributed by atoms with van der Waals surface area (Å²) in [5.41, 5.74) is 4.77. The van der Waals surface area contributed by atoms with Crippen LogP contribution in [0.15, 0.2) is 49.1 Å². The molecular weight excluding hydrogens is 333 g/mol. The van der Waals surface area contributed by atoms with Gasteiger partial charge in [0.2, 0.25) is 0 Å². The molecule has 1 N–H and O–H groups in total. The van der Waals surface area contributed by atoms with Crippen LogP contribution in [0.4, 0.5) is 4.39 Å². The van der Waals surface area contributed by atoms with Gasteiger partial charge in [-0.25, -0.2) is 14.1 Å². The molecule has 26 heavy (non-hydrogen) atoms. The molecule has 0 aliphatic heterocycles. The summed E-state index contributed by atoms with van der Waals surface area (Å²) >= 11 is 0. The van der Waals surface area contributed by atoms with Crippen LogP contribution in [0.25, 0.3) is 27.8 Å². The fourth-order valence-corrected chi connectivity index (χ4v) is 3.12. The van der Waals surface area contributed by atoms with Gasteiger partial charge in [0.05, 0.1) is 24.6 Å². The fourth-order valence-electron chi connectivity index (χ4n) is 3.12. The maximum Gasteiger partial charge on any atom is 0.148 e. The van der Waals surface area contributed by atoms with Crippen molar-refractivity contribution in [2.75, 3.05) is 0 Å². The number of hydrogen-bond acceptors (Lipinski definition) is 4. The Balaban J connectivity index is 1.49. The maximum absolute atomic E-state index is 13.8. The Morgan fingerprint density at radius 2 is 2.04 bits per heavy atom. The zero-order valence-electron chi connectivity index (χ0n) is 13.9. The number of hydrogen-bond donors (Lipinski definition) is 1. The summed E-state index contributed by atoms with van der Waals surface area (Å²) in [5.74, 6) is -0.339. The molecule has 4 aromatic heterocycles. The highest BCUT2D eigenvalue weighted by Crippen LogP contribution is 2.27. The molecule has 5 aromatic rings. The molecule has 0 fully saturated rings. The second-order valence-electron chi connectivity index (χ2n) is 6.26. The lowest BCUT2D eigenvalue weighted by molar-refractivity contribution is 0.636. The SMILES string of the molecule is Cc1ccc2nc(Cn3cc(-c4ccc(F)c5[nH]ncc45)nn3)cn2c1. The minimum atomic E-state index is -0.339. The number of rotatable bonds is 3. The summed E-state index contributed by atoms with van der Waals surface area (Å²) in [7, 11) is 0. The van der Waals surface area contributed by atoms with Crippen molar-refractivity contribution in [2.24, 2.45) is 0 Å². The Hall–Kier alpha value is -3.55. The minimum absolute atomic E-state index is 0.339. The van der Waals surface area contributed by atoms with Crippen molar-refractivity contribution in [1.82, 2.24) is 34.6 Å². The van der Waals surface area contributed by atoms with Crippen molar-refractivity contribution in [1.29, 1.82) is 0 Å². The molecular formula is C18H14FN7. The number of pyridine rings is 1. The van der Waals surface area contributed by atoms with Crippen LogP contribution in [-0.4, -0.2) is 34.6 Å². The number of fused-ring (bicyclic) bond motifs is 2. The van der Waals surface area contributed by atoms with Crippen LogP contribution in [-0.2, 0) is 6.54 Å². The number of H-pyrrole nitrogens is 1. The smallest absolute Gasteiger partial charge is 0.148 e. The van der Waals surface area contributed by atoms with E-state index in [4.69, 9.17) is 0 Å². The van der Waals surface area contributed by atoms with E-state index in [1.54, 1.807) is 16.9 Å². The quantitative estimate of drug-likeness (QED) is 0.544. The van der Waals surface area contributed by atoms with Gasteiger partial charge in [-0.15, -0.1) is 5.10 Å². The summed E-state index contributed by atoms with van der Waals surface area (Å²) in [6.45, 7) is 2.55. The second-order valence-corrected chi connectivity index (χ2v) is 6.26. The molecule has 0 amide bonds. The maximum atomic E-state index is 13.8. The van der Waals surface area contributed by atoms with E-state index in [0.717, 1.165) is 16.9 Å². The first-order chi connectivity index (χ1) is 12.7. The van der Waals surface area contributed by atoms with Crippen molar-refractivity contribution in [3.8, 4) is 11.3 Å². The number of halogens is 1. The molecule has 0 unspecified atom stereocenters. The molecule has 0 aliphatic rings. The van der Waals surface area contributed by atoms with Gasteiger partial charge in [0.1, 0.15) is 22.7 Å². The standard InChI is InChI=1S/C18H14FN7/c1-11-2-5-17-21-12(8-25(17)7-11)9-26-10-16(22-24-26)13-3-4-15(19)18-14(13)6-20-23-18/h2-8,10H,9H2,1H3,(H,20,23). The van der Waals surface area contributed by atoms with Gasteiger partial charge in [-0.1, -0.05) is 11.3 Å². The van der Waals surface area contributed by atoms with Crippen LogP contribution in [0.3, 0.4) is 0 Å². The number of nitrogens with zero attached hydrogens (tertiary/aromatic N) is 6. The number of imidazole rings is 1. The Kier molecular flexibility index (Phi) is 3.11. The Morgan fingerprint density at radius 3 is 2.96 bits per heavy atom. The van der Waals surface area contributed by atoms with E-state index >= 15 is 0 Å². The Labute approximate surface area is 147 Å². The van der Waals surface area contributed by atoms with Crippen molar-refractivity contribution >= 4 is 16.6 Å². The normalized spacial score (nSPS) is 11.6. The monoisotopic (exact) mass is 347 g/mol. The number of aromatic nitrogens is 7. The highest BCUT2D eigenvalue weighted by molar-refractivity contribution is 5.93. The first-order valence-corrected chi connectivity index (χ1v) is 8.14. The van der Waals surface area contributed by atoms with E-state index in [-0.39, 0.29) is 5.82 Å². The first kappa shape index (κ1) is 14.8. The van der Waals surface area contributed by atoms with Crippen molar-refractivity contribution < 1.29 is 4.39 Å². The molecule has 128 valence electrons. The van der Waals surface area contributed by atoms with E-state index in [1.807, 2.05) is 42.0 Å². The van der Waals surface area contributed by atoms with Gasteiger partial charge < -0.3 is 4.40 Å². The number of aryl methyl sites for hydroxylation is 1. The van der Waals surface area contributed by atoms with E-state index in [1.165, 1.54) is 11.6 Å². The van der Waals surface area contributed by atoms with E-state index in [9.17, 15) is 4.39 Å². The van der Waals surface area contributed by atoms with Crippen molar-refractivity contribution in [3.05, 3.63) is 66.1 Å². The van der Waals surface area contributed by atoms with Crippen LogP contribution < -0.4 is 0 Å². The largest absolute Gasteiger partial charge is 0.306 e. The van der Waals surface area contributed by atoms with E-state index in [0.29, 0.717) is 23.1 Å². The summed E-state index contributed by atoms with van der Waals surface area (Å²) in [5, 5.41) is 15.7. The summed E-state index contributed by atoms with van der Waals surface area (Å²) in [6.07, 6.45) is 7.44. The van der Waals surface area contributed by atoms with Crippen LogP contribution in [0.2, 0.25) is 0 Å². The van der Waals surface area contributed by atoms with Gasteiger partial charge in [-0.3, -0.25) is 5.10 Å². The van der Waals surface area contributed by atoms with Gasteiger partial charge in [0.25, 0.3) is 0 Å². The van der Waals surface area contributed by atoms with Crippen molar-refractivity contribution in [2.45, 2.75) is 13.5 Å². The lowest BCUT2D eigenvalue weighted by Gasteiger charge is -1.99. The average Bonchev–Trinajstić information content (AvgIpc) is 3.34. The molecule has 7 nitrogen and oxygen atoms in total. The fraction of sp³-hybridized carbons (Fsp3) is 0.111. The summed E-state index contributed by atoms with van der Waals surface area (Å²) in [6, 6.07) is 7.11. The predicted molar refractivity (Wildman–Crippen MR) is 94.1 cm³/mol. The molecule has 8 heteroatoms. The van der Waals surface area contributed by atoms with Crippen LogP contribution in [0, 0.1) is 12.7 Å². The molecule has 4 heterocycles.